The topological polar surface area (TPSA) is 107 Å². The molecule has 0 radical (unpaired) electrons. The second-order valence-electron chi connectivity index (χ2n) is 7.59. The van der Waals surface area contributed by atoms with Gasteiger partial charge in [0.25, 0.3) is 0 Å². The van der Waals surface area contributed by atoms with E-state index in [2.05, 4.69) is 5.32 Å². The Hall–Kier alpha value is -3.35. The summed E-state index contributed by atoms with van der Waals surface area (Å²) in [7, 11) is 0. The Morgan fingerprint density at radius 3 is 2.23 bits per heavy atom. The van der Waals surface area contributed by atoms with Crippen LogP contribution in [0.15, 0.2) is 54.6 Å². The SMILES string of the molecule is CC(C)CN(CCC(=O)O)C(=O)N[C@@H](Cc1cccc(-c2ccccc2)c1)C(=O)O. The van der Waals surface area contributed by atoms with Crippen molar-refractivity contribution < 1.29 is 24.6 Å². The minimum atomic E-state index is -1.14. The zero-order valence-electron chi connectivity index (χ0n) is 17.2. The summed E-state index contributed by atoms with van der Waals surface area (Å²) >= 11 is 0. The number of hydrogen-bond acceptors (Lipinski definition) is 3. The van der Waals surface area contributed by atoms with Gasteiger partial charge < -0.3 is 20.4 Å². The molecule has 2 amide bonds. The highest BCUT2D eigenvalue weighted by Crippen LogP contribution is 2.20. The average molecular weight is 412 g/mol. The van der Waals surface area contributed by atoms with Crippen LogP contribution in [0, 0.1) is 5.92 Å². The molecule has 0 aliphatic heterocycles. The molecule has 0 heterocycles. The first-order chi connectivity index (χ1) is 14.3. The Kier molecular flexibility index (Phi) is 8.41. The van der Waals surface area contributed by atoms with Crippen LogP contribution >= 0.6 is 0 Å². The van der Waals surface area contributed by atoms with Crippen LogP contribution < -0.4 is 5.32 Å². The molecule has 2 rings (SSSR count). The zero-order chi connectivity index (χ0) is 22.1. The lowest BCUT2D eigenvalue weighted by atomic mass is 9.99. The lowest BCUT2D eigenvalue weighted by molar-refractivity contribution is -0.139. The number of nitrogens with one attached hydrogen (secondary N) is 1. The van der Waals surface area contributed by atoms with Crippen LogP contribution in [0.2, 0.25) is 0 Å². The van der Waals surface area contributed by atoms with Crippen molar-refractivity contribution in [3.05, 3.63) is 60.2 Å². The van der Waals surface area contributed by atoms with Crippen LogP contribution in [0.1, 0.15) is 25.8 Å². The quantitative estimate of drug-likeness (QED) is 0.554. The van der Waals surface area contributed by atoms with Crippen molar-refractivity contribution >= 4 is 18.0 Å². The summed E-state index contributed by atoms with van der Waals surface area (Å²) in [6.45, 7) is 4.18. The summed E-state index contributed by atoms with van der Waals surface area (Å²) in [5.41, 5.74) is 2.77. The van der Waals surface area contributed by atoms with Crippen LogP contribution in [0.5, 0.6) is 0 Å². The van der Waals surface area contributed by atoms with E-state index in [1.54, 1.807) is 0 Å². The van der Waals surface area contributed by atoms with Gasteiger partial charge in [-0.1, -0.05) is 68.4 Å². The third kappa shape index (κ3) is 7.24. The largest absolute Gasteiger partial charge is 0.481 e. The van der Waals surface area contributed by atoms with Crippen molar-refractivity contribution in [2.24, 2.45) is 5.92 Å². The number of amides is 2. The Bertz CT molecular complexity index is 867. The third-order valence-corrected chi connectivity index (χ3v) is 4.54. The average Bonchev–Trinajstić information content (AvgIpc) is 2.71. The minimum absolute atomic E-state index is 0.0230. The molecule has 7 nitrogen and oxygen atoms in total. The molecular formula is C23H28N2O5. The van der Waals surface area contributed by atoms with Gasteiger partial charge >= 0.3 is 18.0 Å². The van der Waals surface area contributed by atoms with E-state index in [4.69, 9.17) is 5.11 Å². The van der Waals surface area contributed by atoms with Crippen LogP contribution in [0.25, 0.3) is 11.1 Å². The fourth-order valence-corrected chi connectivity index (χ4v) is 3.13. The van der Waals surface area contributed by atoms with Gasteiger partial charge in [-0.05, 0) is 22.6 Å². The Morgan fingerprint density at radius 1 is 0.967 bits per heavy atom. The number of benzene rings is 2. The van der Waals surface area contributed by atoms with E-state index < -0.39 is 24.0 Å². The number of carboxylic acids is 2. The lowest BCUT2D eigenvalue weighted by Crippen LogP contribution is -2.50. The van der Waals surface area contributed by atoms with Gasteiger partial charge in [-0.15, -0.1) is 0 Å². The molecule has 0 aliphatic carbocycles. The first-order valence-electron chi connectivity index (χ1n) is 9.90. The highest BCUT2D eigenvalue weighted by atomic mass is 16.4. The van der Waals surface area contributed by atoms with E-state index >= 15 is 0 Å². The molecule has 3 N–H and O–H groups in total. The van der Waals surface area contributed by atoms with E-state index in [9.17, 15) is 19.5 Å². The maximum atomic E-state index is 12.6. The normalized spacial score (nSPS) is 11.7. The van der Waals surface area contributed by atoms with Crippen LogP contribution in [0.3, 0.4) is 0 Å². The second kappa shape index (κ2) is 11.0. The fraction of sp³-hybridized carbons (Fsp3) is 0.348. The molecule has 2 aromatic rings. The molecule has 0 aliphatic rings. The van der Waals surface area contributed by atoms with Crippen molar-refractivity contribution in [2.45, 2.75) is 32.7 Å². The van der Waals surface area contributed by atoms with Crippen molar-refractivity contribution in [3.63, 3.8) is 0 Å². The van der Waals surface area contributed by atoms with Crippen LogP contribution in [-0.2, 0) is 16.0 Å². The molecule has 0 aromatic heterocycles. The van der Waals surface area contributed by atoms with Gasteiger partial charge in [0.2, 0.25) is 0 Å². The number of hydrogen-bond donors (Lipinski definition) is 3. The Labute approximate surface area is 176 Å². The number of urea groups is 1. The molecule has 0 bridgehead atoms. The monoisotopic (exact) mass is 412 g/mol. The van der Waals surface area contributed by atoms with Gasteiger partial charge in [-0.25, -0.2) is 9.59 Å². The van der Waals surface area contributed by atoms with Gasteiger partial charge in [-0.3, -0.25) is 4.79 Å². The molecule has 0 fully saturated rings. The maximum Gasteiger partial charge on any atom is 0.326 e. The zero-order valence-corrected chi connectivity index (χ0v) is 17.2. The molecule has 160 valence electrons. The van der Waals surface area contributed by atoms with E-state index in [1.807, 2.05) is 68.4 Å². The predicted molar refractivity (Wildman–Crippen MR) is 114 cm³/mol. The fourth-order valence-electron chi connectivity index (χ4n) is 3.13. The van der Waals surface area contributed by atoms with Crippen LogP contribution in [0.4, 0.5) is 4.79 Å². The highest BCUT2D eigenvalue weighted by Gasteiger charge is 2.24. The highest BCUT2D eigenvalue weighted by molar-refractivity contribution is 5.83. The summed E-state index contributed by atoms with van der Waals surface area (Å²) in [5, 5.41) is 21.1. The molecule has 0 saturated heterocycles. The third-order valence-electron chi connectivity index (χ3n) is 4.54. The number of nitrogens with zero attached hydrogens (tertiary/aromatic N) is 1. The summed E-state index contributed by atoms with van der Waals surface area (Å²) in [6.07, 6.45) is -0.0762. The van der Waals surface area contributed by atoms with Crippen molar-refractivity contribution in [1.29, 1.82) is 0 Å². The number of rotatable bonds is 10. The summed E-state index contributed by atoms with van der Waals surface area (Å²) in [5.74, 6) is -2.03. The first-order valence-corrected chi connectivity index (χ1v) is 9.90. The maximum absolute atomic E-state index is 12.6. The molecule has 0 saturated carbocycles. The summed E-state index contributed by atoms with van der Waals surface area (Å²) in [4.78, 5) is 36.7. The summed E-state index contributed by atoms with van der Waals surface area (Å²) < 4.78 is 0. The minimum Gasteiger partial charge on any atom is -0.481 e. The summed E-state index contributed by atoms with van der Waals surface area (Å²) in [6, 6.07) is 15.6. The lowest BCUT2D eigenvalue weighted by Gasteiger charge is -2.26. The molecule has 0 unspecified atom stereocenters. The van der Waals surface area contributed by atoms with Crippen LogP contribution in [-0.4, -0.2) is 52.2 Å². The number of carbonyl (C=O) groups excluding carboxylic acids is 1. The Morgan fingerprint density at radius 2 is 1.63 bits per heavy atom. The first kappa shape index (κ1) is 22.9. The van der Waals surface area contributed by atoms with Gasteiger partial charge in [0.05, 0.1) is 6.42 Å². The van der Waals surface area contributed by atoms with E-state index in [-0.39, 0.29) is 25.3 Å². The standard InChI is InChI=1S/C23H28N2O5/c1-16(2)15-25(12-11-21(26)27)23(30)24-20(22(28)29)14-17-7-6-10-19(13-17)18-8-4-3-5-9-18/h3-10,13,16,20H,11-12,14-15H2,1-2H3,(H,24,30)(H,26,27)(H,28,29)/t20-/m0/s1. The molecule has 1 atom stereocenters. The molecule has 0 spiro atoms. The van der Waals surface area contributed by atoms with Gasteiger partial charge in [0, 0.05) is 19.5 Å². The van der Waals surface area contributed by atoms with E-state index in [1.165, 1.54) is 4.90 Å². The Balaban J connectivity index is 2.12. The molecule has 2 aromatic carbocycles. The molecular weight excluding hydrogens is 384 g/mol. The molecule has 7 heteroatoms. The molecule has 30 heavy (non-hydrogen) atoms. The predicted octanol–water partition coefficient (Wildman–Crippen LogP) is 3.49. The van der Waals surface area contributed by atoms with Gasteiger partial charge in [0.1, 0.15) is 6.04 Å². The van der Waals surface area contributed by atoms with E-state index in [0.29, 0.717) is 6.54 Å². The van der Waals surface area contributed by atoms with Crippen molar-refractivity contribution in [1.82, 2.24) is 10.2 Å². The second-order valence-corrected chi connectivity index (χ2v) is 7.59. The van der Waals surface area contributed by atoms with E-state index in [0.717, 1.165) is 16.7 Å². The van der Waals surface area contributed by atoms with Gasteiger partial charge in [-0.2, -0.15) is 0 Å². The van der Waals surface area contributed by atoms with Crippen molar-refractivity contribution in [2.75, 3.05) is 13.1 Å². The smallest absolute Gasteiger partial charge is 0.326 e. The van der Waals surface area contributed by atoms with Crippen molar-refractivity contribution in [3.8, 4) is 11.1 Å². The number of carboxylic acid groups (broad SMARTS) is 2. The number of aliphatic carboxylic acids is 2. The van der Waals surface area contributed by atoms with Gasteiger partial charge in [0.15, 0.2) is 0 Å². The number of carbonyl (C=O) groups is 3.